The second-order valence-electron chi connectivity index (χ2n) is 5.79. The molecule has 0 unspecified atom stereocenters. The van der Waals surface area contributed by atoms with E-state index in [2.05, 4.69) is 34.3 Å². The van der Waals surface area contributed by atoms with Crippen molar-refractivity contribution >= 4 is 29.0 Å². The molecule has 7 heteroatoms. The fourth-order valence-corrected chi connectivity index (χ4v) is 4.00. The zero-order chi connectivity index (χ0) is 18.4. The number of thiophene rings is 1. The number of hydrogen-bond acceptors (Lipinski definition) is 5. The Labute approximate surface area is 159 Å². The van der Waals surface area contributed by atoms with Crippen LogP contribution in [0.1, 0.15) is 21.7 Å². The molecule has 2 aromatic heterocycles. The number of nitrogens with one attached hydrogen (secondary N) is 2. The molecule has 0 aliphatic carbocycles. The molecule has 0 atom stereocenters. The molecule has 0 aliphatic heterocycles. The Bertz CT molecular complexity index is 936. The minimum absolute atomic E-state index is 0.0905. The summed E-state index contributed by atoms with van der Waals surface area (Å²) in [6.07, 6.45) is 0.0905. The SMILES string of the molecule is Cc1ccccc1CSc1nc(CC(=O)NCc2cccs2)cc(=O)[nH]1. The number of carbonyl (C=O) groups is 1. The lowest BCUT2D eigenvalue weighted by Gasteiger charge is -2.07. The Morgan fingerprint density at radius 3 is 2.88 bits per heavy atom. The number of hydrogen-bond donors (Lipinski definition) is 2. The van der Waals surface area contributed by atoms with E-state index >= 15 is 0 Å². The number of benzene rings is 1. The lowest BCUT2D eigenvalue weighted by atomic mass is 10.1. The summed E-state index contributed by atoms with van der Waals surface area (Å²) in [6, 6.07) is 13.4. The topological polar surface area (TPSA) is 74.8 Å². The Morgan fingerprint density at radius 1 is 1.27 bits per heavy atom. The van der Waals surface area contributed by atoms with Crippen LogP contribution in [-0.4, -0.2) is 15.9 Å². The van der Waals surface area contributed by atoms with Gasteiger partial charge in [-0.2, -0.15) is 0 Å². The minimum atomic E-state index is -0.242. The van der Waals surface area contributed by atoms with Gasteiger partial charge in [-0.1, -0.05) is 42.1 Å². The van der Waals surface area contributed by atoms with Gasteiger partial charge in [0, 0.05) is 16.7 Å². The maximum Gasteiger partial charge on any atom is 0.251 e. The molecular weight excluding hydrogens is 366 g/mol. The van der Waals surface area contributed by atoms with Crippen molar-refractivity contribution in [3.63, 3.8) is 0 Å². The molecule has 3 aromatic rings. The molecule has 0 spiro atoms. The molecule has 1 amide bonds. The van der Waals surface area contributed by atoms with Gasteiger partial charge in [-0.05, 0) is 29.5 Å². The zero-order valence-corrected chi connectivity index (χ0v) is 16.0. The van der Waals surface area contributed by atoms with E-state index in [-0.39, 0.29) is 17.9 Å². The van der Waals surface area contributed by atoms with Crippen LogP contribution in [0.2, 0.25) is 0 Å². The van der Waals surface area contributed by atoms with Gasteiger partial charge in [0.05, 0.1) is 18.7 Å². The van der Waals surface area contributed by atoms with E-state index < -0.39 is 0 Å². The molecule has 26 heavy (non-hydrogen) atoms. The number of aryl methyl sites for hydroxylation is 1. The van der Waals surface area contributed by atoms with Crippen molar-refractivity contribution in [2.75, 3.05) is 0 Å². The third-order valence-corrected chi connectivity index (χ3v) is 5.58. The van der Waals surface area contributed by atoms with E-state index in [1.54, 1.807) is 11.3 Å². The molecule has 0 radical (unpaired) electrons. The maximum atomic E-state index is 12.1. The van der Waals surface area contributed by atoms with Gasteiger partial charge in [-0.15, -0.1) is 11.3 Å². The molecule has 0 fully saturated rings. The maximum absolute atomic E-state index is 12.1. The lowest BCUT2D eigenvalue weighted by molar-refractivity contribution is -0.120. The number of nitrogens with zero attached hydrogens (tertiary/aromatic N) is 1. The smallest absolute Gasteiger partial charge is 0.251 e. The number of aromatic amines is 1. The standard InChI is InChI=1S/C19H19N3O2S2/c1-13-5-2-3-6-14(13)12-26-19-21-15(10-18(24)22-19)9-17(23)20-11-16-7-4-8-25-16/h2-8,10H,9,11-12H2,1H3,(H,20,23)(H,21,22,24). The monoisotopic (exact) mass is 385 g/mol. The van der Waals surface area contributed by atoms with Gasteiger partial charge in [-0.25, -0.2) is 4.98 Å². The molecule has 1 aromatic carbocycles. The molecule has 5 nitrogen and oxygen atoms in total. The van der Waals surface area contributed by atoms with Crippen LogP contribution in [0.3, 0.4) is 0 Å². The van der Waals surface area contributed by atoms with Gasteiger partial charge in [0.1, 0.15) is 0 Å². The second-order valence-corrected chi connectivity index (χ2v) is 7.79. The summed E-state index contributed by atoms with van der Waals surface area (Å²) in [7, 11) is 0. The second kappa shape index (κ2) is 8.82. The van der Waals surface area contributed by atoms with Gasteiger partial charge >= 0.3 is 0 Å². The number of H-pyrrole nitrogens is 1. The molecule has 0 bridgehead atoms. The Morgan fingerprint density at radius 2 is 2.12 bits per heavy atom. The van der Waals surface area contributed by atoms with Crippen LogP contribution in [-0.2, 0) is 23.5 Å². The highest BCUT2D eigenvalue weighted by Crippen LogP contribution is 2.20. The number of rotatable bonds is 7. The van der Waals surface area contributed by atoms with Gasteiger partial charge in [0.15, 0.2) is 5.16 Å². The Kier molecular flexibility index (Phi) is 6.25. The first-order chi connectivity index (χ1) is 12.6. The van der Waals surface area contributed by atoms with E-state index in [0.717, 1.165) is 4.88 Å². The summed E-state index contributed by atoms with van der Waals surface area (Å²) in [5.74, 6) is 0.565. The molecule has 0 saturated heterocycles. The highest BCUT2D eigenvalue weighted by Gasteiger charge is 2.09. The Hall–Kier alpha value is -2.38. The van der Waals surface area contributed by atoms with Crippen LogP contribution in [0.4, 0.5) is 0 Å². The van der Waals surface area contributed by atoms with Crippen LogP contribution in [0, 0.1) is 6.92 Å². The first-order valence-electron chi connectivity index (χ1n) is 8.17. The first kappa shape index (κ1) is 18.4. The summed E-state index contributed by atoms with van der Waals surface area (Å²) in [5.41, 5.74) is 2.63. The number of amides is 1. The highest BCUT2D eigenvalue weighted by molar-refractivity contribution is 7.98. The summed E-state index contributed by atoms with van der Waals surface area (Å²) in [6.45, 7) is 2.55. The van der Waals surface area contributed by atoms with Crippen LogP contribution in [0.15, 0.2) is 57.8 Å². The summed E-state index contributed by atoms with van der Waals surface area (Å²) < 4.78 is 0. The lowest BCUT2D eigenvalue weighted by Crippen LogP contribution is -2.25. The van der Waals surface area contributed by atoms with Gasteiger partial charge < -0.3 is 10.3 Å². The van der Waals surface area contributed by atoms with Crippen molar-refractivity contribution in [2.45, 2.75) is 30.8 Å². The predicted molar refractivity (Wildman–Crippen MR) is 105 cm³/mol. The molecule has 0 saturated carbocycles. The van der Waals surface area contributed by atoms with Crippen LogP contribution < -0.4 is 10.9 Å². The van der Waals surface area contributed by atoms with E-state index in [1.807, 2.05) is 29.6 Å². The third kappa shape index (κ3) is 5.31. The van der Waals surface area contributed by atoms with Crippen molar-refractivity contribution in [2.24, 2.45) is 0 Å². The molecule has 2 N–H and O–H groups in total. The largest absolute Gasteiger partial charge is 0.351 e. The van der Waals surface area contributed by atoms with Crippen molar-refractivity contribution < 1.29 is 4.79 Å². The minimum Gasteiger partial charge on any atom is -0.351 e. The van der Waals surface area contributed by atoms with Crippen molar-refractivity contribution in [3.05, 3.63) is 79.9 Å². The van der Waals surface area contributed by atoms with E-state index in [1.165, 1.54) is 29.0 Å². The van der Waals surface area contributed by atoms with Gasteiger partial charge in [-0.3, -0.25) is 9.59 Å². The summed E-state index contributed by atoms with van der Waals surface area (Å²) in [5, 5.41) is 5.35. The Balaban J connectivity index is 1.61. The molecule has 2 heterocycles. The number of thioether (sulfide) groups is 1. The van der Waals surface area contributed by atoms with Gasteiger partial charge in [0.25, 0.3) is 5.56 Å². The molecule has 134 valence electrons. The van der Waals surface area contributed by atoms with Crippen molar-refractivity contribution in [3.8, 4) is 0 Å². The fourth-order valence-electron chi connectivity index (χ4n) is 2.39. The first-order valence-corrected chi connectivity index (χ1v) is 10.0. The normalized spacial score (nSPS) is 10.7. The van der Waals surface area contributed by atoms with E-state index in [0.29, 0.717) is 23.1 Å². The predicted octanol–water partition coefficient (Wildman–Crippen LogP) is 3.29. The highest BCUT2D eigenvalue weighted by atomic mass is 32.2. The average molecular weight is 386 g/mol. The van der Waals surface area contributed by atoms with Crippen molar-refractivity contribution in [1.29, 1.82) is 0 Å². The van der Waals surface area contributed by atoms with Crippen LogP contribution in [0.25, 0.3) is 0 Å². The molecular formula is C19H19N3O2S2. The summed E-state index contributed by atoms with van der Waals surface area (Å²) in [4.78, 5) is 32.2. The number of carbonyl (C=O) groups excluding carboxylic acids is 1. The number of aromatic nitrogens is 2. The van der Waals surface area contributed by atoms with E-state index in [9.17, 15) is 9.59 Å². The third-order valence-electron chi connectivity index (χ3n) is 3.78. The van der Waals surface area contributed by atoms with Crippen LogP contribution in [0.5, 0.6) is 0 Å². The van der Waals surface area contributed by atoms with Crippen LogP contribution >= 0.6 is 23.1 Å². The van der Waals surface area contributed by atoms with Gasteiger partial charge in [0.2, 0.25) is 5.91 Å². The molecule has 0 aliphatic rings. The van der Waals surface area contributed by atoms with E-state index in [4.69, 9.17) is 0 Å². The molecule has 3 rings (SSSR count). The zero-order valence-electron chi connectivity index (χ0n) is 14.3. The quantitative estimate of drug-likeness (QED) is 0.483. The van der Waals surface area contributed by atoms with Crippen molar-refractivity contribution in [1.82, 2.24) is 15.3 Å². The summed E-state index contributed by atoms with van der Waals surface area (Å²) >= 11 is 3.05. The average Bonchev–Trinajstić information content (AvgIpc) is 3.12. The fraction of sp³-hybridized carbons (Fsp3) is 0.211.